The number of anilines is 1. The molecule has 1 amide bonds. The van der Waals surface area contributed by atoms with Crippen LogP contribution in [0.1, 0.15) is 62.7 Å². The van der Waals surface area contributed by atoms with Gasteiger partial charge in [0.1, 0.15) is 0 Å². The molecule has 2 heterocycles. The largest absolute Gasteiger partial charge is 0.344 e. The van der Waals surface area contributed by atoms with Gasteiger partial charge in [-0.2, -0.15) is 0 Å². The third kappa shape index (κ3) is 3.96. The van der Waals surface area contributed by atoms with E-state index >= 15 is 0 Å². The number of piperidine rings is 1. The van der Waals surface area contributed by atoms with Crippen molar-refractivity contribution in [1.82, 2.24) is 14.9 Å². The first kappa shape index (κ1) is 16.7. The second-order valence-electron chi connectivity index (χ2n) is 6.10. The van der Waals surface area contributed by atoms with Gasteiger partial charge in [0.2, 0.25) is 5.95 Å². The fraction of sp³-hybridized carbons (Fsp3) is 0.706. The number of unbranched alkanes of at least 4 members (excludes halogenated alkanes) is 1. The molecule has 2 rings (SSSR count). The van der Waals surface area contributed by atoms with E-state index in [4.69, 9.17) is 0 Å². The van der Waals surface area contributed by atoms with Gasteiger partial charge in [-0.1, -0.05) is 20.3 Å². The second-order valence-corrected chi connectivity index (χ2v) is 6.10. The fourth-order valence-corrected chi connectivity index (χ4v) is 2.98. The van der Waals surface area contributed by atoms with Gasteiger partial charge in [-0.3, -0.25) is 4.79 Å². The van der Waals surface area contributed by atoms with Crippen molar-refractivity contribution < 1.29 is 4.79 Å². The number of carbonyl (C=O) groups is 1. The molecule has 1 aliphatic heterocycles. The van der Waals surface area contributed by atoms with E-state index in [-0.39, 0.29) is 5.91 Å². The Hall–Kier alpha value is -1.65. The minimum absolute atomic E-state index is 0.0781. The van der Waals surface area contributed by atoms with Crippen LogP contribution in [-0.4, -0.2) is 47.0 Å². The number of carbonyl (C=O) groups excluding carboxylic acids is 1. The summed E-state index contributed by atoms with van der Waals surface area (Å²) in [5.74, 6) is 0.769. The van der Waals surface area contributed by atoms with Crippen molar-refractivity contribution in [3.05, 3.63) is 18.0 Å². The normalized spacial score (nSPS) is 18.3. The van der Waals surface area contributed by atoms with Crippen LogP contribution in [0, 0.1) is 0 Å². The molecule has 0 radical (unpaired) electrons. The lowest BCUT2D eigenvalue weighted by atomic mass is 9.99. The van der Waals surface area contributed by atoms with E-state index in [2.05, 4.69) is 23.8 Å². The fourth-order valence-electron chi connectivity index (χ4n) is 2.98. The summed E-state index contributed by atoms with van der Waals surface area (Å²) in [4.78, 5) is 25.4. The molecule has 0 spiro atoms. The first-order valence-electron chi connectivity index (χ1n) is 8.51. The summed E-state index contributed by atoms with van der Waals surface area (Å²) >= 11 is 0. The van der Waals surface area contributed by atoms with Crippen molar-refractivity contribution in [2.24, 2.45) is 0 Å². The summed E-state index contributed by atoms with van der Waals surface area (Å²) in [5, 5.41) is 0. The van der Waals surface area contributed by atoms with Crippen molar-refractivity contribution in [2.75, 3.05) is 25.0 Å². The molecule has 0 aromatic carbocycles. The molecule has 0 bridgehead atoms. The molecule has 1 aromatic rings. The molecule has 0 aliphatic carbocycles. The summed E-state index contributed by atoms with van der Waals surface area (Å²) in [5.41, 5.74) is 0.605. The molecule has 122 valence electrons. The zero-order valence-electron chi connectivity index (χ0n) is 14.1. The number of hydrogen-bond acceptors (Lipinski definition) is 4. The molecule has 5 heteroatoms. The minimum atomic E-state index is 0.0781. The van der Waals surface area contributed by atoms with Crippen molar-refractivity contribution in [3.8, 4) is 0 Å². The Morgan fingerprint density at radius 2 is 2.05 bits per heavy atom. The summed E-state index contributed by atoms with van der Waals surface area (Å²) < 4.78 is 0. The molecule has 1 fully saturated rings. The predicted octanol–water partition coefficient (Wildman–Crippen LogP) is 3.12. The Balaban J connectivity index is 2.04. The molecule has 1 saturated heterocycles. The van der Waals surface area contributed by atoms with Gasteiger partial charge in [0.15, 0.2) is 0 Å². The SMILES string of the molecule is CCCCN(C)c1ncc(C(=O)N2CCCCC2CC)cn1. The van der Waals surface area contributed by atoms with E-state index in [1.165, 1.54) is 6.42 Å². The van der Waals surface area contributed by atoms with E-state index in [0.717, 1.165) is 45.2 Å². The molecule has 22 heavy (non-hydrogen) atoms. The van der Waals surface area contributed by atoms with Crippen molar-refractivity contribution >= 4 is 11.9 Å². The highest BCUT2D eigenvalue weighted by Gasteiger charge is 2.26. The zero-order chi connectivity index (χ0) is 15.9. The Kier molecular flexibility index (Phi) is 6.16. The average molecular weight is 304 g/mol. The lowest BCUT2D eigenvalue weighted by Gasteiger charge is -2.35. The van der Waals surface area contributed by atoms with Crippen molar-refractivity contribution in [2.45, 2.75) is 58.4 Å². The van der Waals surface area contributed by atoms with Crippen LogP contribution >= 0.6 is 0 Å². The lowest BCUT2D eigenvalue weighted by molar-refractivity contribution is 0.0607. The first-order valence-corrected chi connectivity index (χ1v) is 8.51. The maximum atomic E-state index is 12.7. The third-order valence-electron chi connectivity index (χ3n) is 4.43. The number of likely N-dealkylation sites (tertiary alicyclic amines) is 1. The number of amides is 1. The van der Waals surface area contributed by atoms with Gasteiger partial charge in [0.25, 0.3) is 5.91 Å². The van der Waals surface area contributed by atoms with E-state index < -0.39 is 0 Å². The Morgan fingerprint density at radius 1 is 1.32 bits per heavy atom. The summed E-state index contributed by atoms with van der Waals surface area (Å²) in [6.45, 7) is 6.11. The van der Waals surface area contributed by atoms with Gasteiger partial charge in [-0.15, -0.1) is 0 Å². The predicted molar refractivity (Wildman–Crippen MR) is 89.2 cm³/mol. The van der Waals surface area contributed by atoms with E-state index in [9.17, 15) is 4.79 Å². The highest BCUT2D eigenvalue weighted by Crippen LogP contribution is 2.21. The molecule has 1 unspecified atom stereocenters. The Bertz CT molecular complexity index is 474. The van der Waals surface area contributed by atoms with Gasteiger partial charge >= 0.3 is 0 Å². The molecule has 1 atom stereocenters. The molecular weight excluding hydrogens is 276 g/mol. The maximum absolute atomic E-state index is 12.7. The summed E-state index contributed by atoms with van der Waals surface area (Å²) in [7, 11) is 1.99. The maximum Gasteiger partial charge on any atom is 0.257 e. The standard InChI is InChI=1S/C17H28N4O/c1-4-6-10-20(3)17-18-12-14(13-19-17)16(22)21-11-8-7-9-15(21)5-2/h12-13,15H,4-11H2,1-3H3. The highest BCUT2D eigenvalue weighted by molar-refractivity contribution is 5.94. The van der Waals surface area contributed by atoms with Crippen LogP contribution in [-0.2, 0) is 0 Å². The molecule has 1 aliphatic rings. The molecule has 5 nitrogen and oxygen atoms in total. The number of rotatable bonds is 6. The minimum Gasteiger partial charge on any atom is -0.344 e. The Labute approximate surface area is 133 Å². The number of hydrogen-bond donors (Lipinski definition) is 0. The average Bonchev–Trinajstić information content (AvgIpc) is 2.59. The van der Waals surface area contributed by atoms with Crippen LogP contribution in [0.4, 0.5) is 5.95 Å². The Morgan fingerprint density at radius 3 is 2.68 bits per heavy atom. The molecule has 0 saturated carbocycles. The molecular formula is C17H28N4O. The van der Waals surface area contributed by atoms with Crippen molar-refractivity contribution in [1.29, 1.82) is 0 Å². The van der Waals surface area contributed by atoms with Crippen LogP contribution in [0.5, 0.6) is 0 Å². The monoisotopic (exact) mass is 304 g/mol. The van der Waals surface area contributed by atoms with Crippen LogP contribution < -0.4 is 4.90 Å². The molecule has 0 N–H and O–H groups in total. The van der Waals surface area contributed by atoms with Gasteiger partial charge in [-0.25, -0.2) is 9.97 Å². The van der Waals surface area contributed by atoms with Gasteiger partial charge in [0, 0.05) is 38.6 Å². The zero-order valence-corrected chi connectivity index (χ0v) is 14.1. The van der Waals surface area contributed by atoms with E-state index in [1.54, 1.807) is 12.4 Å². The summed E-state index contributed by atoms with van der Waals surface area (Å²) in [6.07, 6.45) is 10.1. The summed E-state index contributed by atoms with van der Waals surface area (Å²) in [6, 6.07) is 0.369. The topological polar surface area (TPSA) is 49.3 Å². The van der Waals surface area contributed by atoms with Gasteiger partial charge in [-0.05, 0) is 32.1 Å². The van der Waals surface area contributed by atoms with Crippen LogP contribution in [0.2, 0.25) is 0 Å². The molecule has 1 aromatic heterocycles. The first-order chi connectivity index (χ1) is 10.7. The number of nitrogens with zero attached hydrogens (tertiary/aromatic N) is 4. The highest BCUT2D eigenvalue weighted by atomic mass is 16.2. The second kappa shape index (κ2) is 8.11. The third-order valence-corrected chi connectivity index (χ3v) is 4.43. The van der Waals surface area contributed by atoms with Crippen LogP contribution in [0.15, 0.2) is 12.4 Å². The van der Waals surface area contributed by atoms with Crippen LogP contribution in [0.3, 0.4) is 0 Å². The van der Waals surface area contributed by atoms with E-state index in [0.29, 0.717) is 17.6 Å². The van der Waals surface area contributed by atoms with Crippen molar-refractivity contribution in [3.63, 3.8) is 0 Å². The van der Waals surface area contributed by atoms with Crippen LogP contribution in [0.25, 0.3) is 0 Å². The van der Waals surface area contributed by atoms with Gasteiger partial charge < -0.3 is 9.80 Å². The smallest absolute Gasteiger partial charge is 0.257 e. The van der Waals surface area contributed by atoms with E-state index in [1.807, 2.05) is 16.8 Å². The quantitative estimate of drug-likeness (QED) is 0.810. The number of aromatic nitrogens is 2. The lowest BCUT2D eigenvalue weighted by Crippen LogP contribution is -2.43. The van der Waals surface area contributed by atoms with Gasteiger partial charge in [0.05, 0.1) is 5.56 Å².